The highest BCUT2D eigenvalue weighted by Gasteiger charge is 2.24. The van der Waals surface area contributed by atoms with Crippen LogP contribution in [-0.2, 0) is 0 Å². The standard InChI is InChI=1S/C21H21N5O4/c1-29-18-9-19(30-2)16(7-13(18)10-22)17-12-26-6-4-15(8-20(26)24-17)25-5-3-14(11-25)23-21(27)28/h4,6-9,12,14,23H,3,5,11H2,1-2H3,(H,27,28). The summed E-state index contributed by atoms with van der Waals surface area (Å²) in [5.41, 5.74) is 3.50. The van der Waals surface area contributed by atoms with E-state index in [9.17, 15) is 10.1 Å². The lowest BCUT2D eigenvalue weighted by atomic mass is 10.1. The largest absolute Gasteiger partial charge is 0.496 e. The van der Waals surface area contributed by atoms with Crippen LogP contribution in [0.5, 0.6) is 11.5 Å². The van der Waals surface area contributed by atoms with Gasteiger partial charge in [-0.05, 0) is 18.6 Å². The molecular formula is C21H21N5O4. The second-order valence-electron chi connectivity index (χ2n) is 7.02. The highest BCUT2D eigenvalue weighted by Crippen LogP contribution is 2.36. The first-order chi connectivity index (χ1) is 14.5. The molecule has 3 heterocycles. The van der Waals surface area contributed by atoms with Gasteiger partial charge in [0.05, 0.1) is 31.5 Å². The normalized spacial score (nSPS) is 15.8. The van der Waals surface area contributed by atoms with E-state index in [1.54, 1.807) is 19.2 Å². The molecule has 154 valence electrons. The van der Waals surface area contributed by atoms with E-state index in [-0.39, 0.29) is 6.04 Å². The maximum Gasteiger partial charge on any atom is 0.404 e. The van der Waals surface area contributed by atoms with E-state index in [0.29, 0.717) is 34.9 Å². The van der Waals surface area contributed by atoms with Crippen molar-refractivity contribution in [1.29, 1.82) is 5.26 Å². The predicted octanol–water partition coefficient (Wildman–Crippen LogP) is 2.74. The Hall–Kier alpha value is -3.93. The number of hydrogen-bond acceptors (Lipinski definition) is 6. The molecule has 1 atom stereocenters. The van der Waals surface area contributed by atoms with Crippen molar-refractivity contribution in [2.45, 2.75) is 12.5 Å². The molecule has 2 aromatic heterocycles. The van der Waals surface area contributed by atoms with Crippen LogP contribution in [0.25, 0.3) is 16.9 Å². The molecule has 9 heteroatoms. The number of benzene rings is 1. The number of anilines is 1. The van der Waals surface area contributed by atoms with E-state index < -0.39 is 6.09 Å². The first-order valence-corrected chi connectivity index (χ1v) is 9.42. The summed E-state index contributed by atoms with van der Waals surface area (Å²) < 4.78 is 12.6. The van der Waals surface area contributed by atoms with Gasteiger partial charge >= 0.3 is 6.09 Å². The van der Waals surface area contributed by atoms with Gasteiger partial charge < -0.3 is 29.2 Å². The summed E-state index contributed by atoms with van der Waals surface area (Å²) in [5, 5.41) is 20.9. The lowest BCUT2D eigenvalue weighted by Crippen LogP contribution is -2.36. The van der Waals surface area contributed by atoms with Crippen molar-refractivity contribution in [2.24, 2.45) is 0 Å². The summed E-state index contributed by atoms with van der Waals surface area (Å²) in [6, 6.07) is 9.40. The minimum atomic E-state index is -1.000. The highest BCUT2D eigenvalue weighted by atomic mass is 16.5. The highest BCUT2D eigenvalue weighted by molar-refractivity contribution is 5.74. The molecule has 0 radical (unpaired) electrons. The van der Waals surface area contributed by atoms with Gasteiger partial charge in [0.2, 0.25) is 0 Å². The van der Waals surface area contributed by atoms with Crippen LogP contribution in [0.15, 0.2) is 36.7 Å². The van der Waals surface area contributed by atoms with Gasteiger partial charge in [0.25, 0.3) is 0 Å². The number of carboxylic acid groups (broad SMARTS) is 1. The maximum atomic E-state index is 10.9. The maximum absolute atomic E-state index is 10.9. The van der Waals surface area contributed by atoms with E-state index in [1.807, 2.05) is 28.9 Å². The Morgan fingerprint density at radius 2 is 2.10 bits per heavy atom. The molecule has 0 bridgehead atoms. The number of amides is 1. The van der Waals surface area contributed by atoms with Gasteiger partial charge in [0.15, 0.2) is 0 Å². The second kappa shape index (κ2) is 7.83. The summed E-state index contributed by atoms with van der Waals surface area (Å²) in [6.07, 6.45) is 3.56. The van der Waals surface area contributed by atoms with Gasteiger partial charge in [0, 0.05) is 48.9 Å². The fraction of sp³-hybridized carbons (Fsp3) is 0.286. The summed E-state index contributed by atoms with van der Waals surface area (Å²) in [6.45, 7) is 1.39. The zero-order valence-corrected chi connectivity index (χ0v) is 16.6. The number of nitrogens with one attached hydrogen (secondary N) is 1. The van der Waals surface area contributed by atoms with E-state index in [1.165, 1.54) is 7.11 Å². The molecule has 1 amide bonds. The fourth-order valence-corrected chi connectivity index (χ4v) is 3.77. The van der Waals surface area contributed by atoms with Crippen molar-refractivity contribution >= 4 is 17.4 Å². The summed E-state index contributed by atoms with van der Waals surface area (Å²) in [4.78, 5) is 17.7. The minimum absolute atomic E-state index is 0.0815. The van der Waals surface area contributed by atoms with Gasteiger partial charge in [-0.25, -0.2) is 9.78 Å². The van der Waals surface area contributed by atoms with Crippen LogP contribution in [0, 0.1) is 11.3 Å². The number of imidazole rings is 1. The monoisotopic (exact) mass is 407 g/mol. The molecule has 0 spiro atoms. The molecule has 3 aromatic rings. The molecule has 2 N–H and O–H groups in total. The first-order valence-electron chi connectivity index (χ1n) is 9.42. The Bertz CT molecular complexity index is 1150. The van der Waals surface area contributed by atoms with Crippen LogP contribution in [0.2, 0.25) is 0 Å². The van der Waals surface area contributed by atoms with E-state index in [0.717, 1.165) is 24.3 Å². The summed E-state index contributed by atoms with van der Waals surface area (Å²) in [7, 11) is 3.07. The van der Waals surface area contributed by atoms with Gasteiger partial charge in [-0.2, -0.15) is 5.26 Å². The SMILES string of the molecule is COc1cc(OC)c(-c2cn3ccc(N4CCC(NC(=O)O)C4)cc3n2)cc1C#N. The van der Waals surface area contributed by atoms with Crippen molar-refractivity contribution in [3.05, 3.63) is 42.2 Å². The number of rotatable bonds is 5. The zero-order chi connectivity index (χ0) is 21.3. The van der Waals surface area contributed by atoms with E-state index >= 15 is 0 Å². The fourth-order valence-electron chi connectivity index (χ4n) is 3.77. The number of ether oxygens (including phenoxy) is 2. The number of fused-ring (bicyclic) bond motifs is 1. The van der Waals surface area contributed by atoms with E-state index in [2.05, 4.69) is 16.3 Å². The Kier molecular flexibility index (Phi) is 5.06. The van der Waals surface area contributed by atoms with Crippen molar-refractivity contribution in [1.82, 2.24) is 14.7 Å². The molecule has 1 fully saturated rings. The van der Waals surface area contributed by atoms with Gasteiger partial charge in [-0.3, -0.25) is 0 Å². The molecule has 1 aliphatic heterocycles. The topological polar surface area (TPSA) is 112 Å². The lowest BCUT2D eigenvalue weighted by molar-refractivity contribution is 0.191. The predicted molar refractivity (Wildman–Crippen MR) is 110 cm³/mol. The lowest BCUT2D eigenvalue weighted by Gasteiger charge is -2.18. The van der Waals surface area contributed by atoms with Gasteiger partial charge in [0.1, 0.15) is 23.2 Å². The molecule has 1 saturated heterocycles. The Labute approximate surface area is 173 Å². The third-order valence-corrected chi connectivity index (χ3v) is 5.24. The first kappa shape index (κ1) is 19.4. The molecule has 9 nitrogen and oxygen atoms in total. The molecule has 1 aromatic carbocycles. The van der Waals surface area contributed by atoms with Crippen molar-refractivity contribution in [3.8, 4) is 28.8 Å². The number of methoxy groups -OCH3 is 2. The molecule has 1 unspecified atom stereocenters. The Balaban J connectivity index is 1.67. The smallest absolute Gasteiger partial charge is 0.404 e. The molecule has 4 rings (SSSR count). The van der Waals surface area contributed by atoms with Crippen LogP contribution in [0.1, 0.15) is 12.0 Å². The number of pyridine rings is 1. The number of nitrogens with zero attached hydrogens (tertiary/aromatic N) is 4. The van der Waals surface area contributed by atoms with Crippen molar-refractivity contribution in [3.63, 3.8) is 0 Å². The zero-order valence-electron chi connectivity index (χ0n) is 16.6. The van der Waals surface area contributed by atoms with Gasteiger partial charge in [-0.1, -0.05) is 0 Å². The molecule has 0 aliphatic carbocycles. The second-order valence-corrected chi connectivity index (χ2v) is 7.02. The minimum Gasteiger partial charge on any atom is -0.496 e. The van der Waals surface area contributed by atoms with E-state index in [4.69, 9.17) is 19.6 Å². The van der Waals surface area contributed by atoms with Crippen LogP contribution in [-0.4, -0.2) is 53.9 Å². The third kappa shape index (κ3) is 3.55. The average Bonchev–Trinajstić information content (AvgIpc) is 3.38. The van der Waals surface area contributed by atoms with Crippen LogP contribution in [0.4, 0.5) is 10.5 Å². The Morgan fingerprint density at radius 1 is 1.30 bits per heavy atom. The quantitative estimate of drug-likeness (QED) is 0.669. The van der Waals surface area contributed by atoms with Crippen LogP contribution < -0.4 is 19.7 Å². The molecule has 0 saturated carbocycles. The summed E-state index contributed by atoms with van der Waals surface area (Å²) in [5.74, 6) is 1.01. The van der Waals surface area contributed by atoms with Crippen LogP contribution >= 0.6 is 0 Å². The molecule has 30 heavy (non-hydrogen) atoms. The number of carbonyl (C=O) groups is 1. The number of hydrogen-bond donors (Lipinski definition) is 2. The average molecular weight is 407 g/mol. The Morgan fingerprint density at radius 3 is 2.80 bits per heavy atom. The van der Waals surface area contributed by atoms with Crippen LogP contribution in [0.3, 0.4) is 0 Å². The number of aromatic nitrogens is 2. The third-order valence-electron chi connectivity index (χ3n) is 5.24. The molecular weight excluding hydrogens is 386 g/mol. The molecule has 1 aliphatic rings. The summed E-state index contributed by atoms with van der Waals surface area (Å²) >= 11 is 0. The van der Waals surface area contributed by atoms with Gasteiger partial charge in [-0.15, -0.1) is 0 Å². The van der Waals surface area contributed by atoms with Crippen molar-refractivity contribution in [2.75, 3.05) is 32.2 Å². The number of nitriles is 1. The van der Waals surface area contributed by atoms with Crippen molar-refractivity contribution < 1.29 is 19.4 Å².